The molecule has 2 N–H and O–H groups in total. The number of carboxylic acids is 1. The summed E-state index contributed by atoms with van der Waals surface area (Å²) in [5.41, 5.74) is -0.348. The Bertz CT molecular complexity index is 871. The van der Waals surface area contributed by atoms with Gasteiger partial charge in [-0.2, -0.15) is 0 Å². The second kappa shape index (κ2) is 6.36. The summed E-state index contributed by atoms with van der Waals surface area (Å²) < 4.78 is 45.8. The summed E-state index contributed by atoms with van der Waals surface area (Å²) in [7, 11) is 0. The topological polar surface area (TPSA) is 102 Å². The van der Waals surface area contributed by atoms with Gasteiger partial charge in [-0.05, 0) is 43.5 Å². The van der Waals surface area contributed by atoms with Crippen LogP contribution in [0.2, 0.25) is 0 Å². The molecule has 3 rings (SSSR count). The summed E-state index contributed by atoms with van der Waals surface area (Å²) in [6.45, 7) is 1.38. The van der Waals surface area contributed by atoms with Crippen LogP contribution in [-0.2, 0) is 0 Å². The molecule has 2 aromatic rings. The maximum atomic E-state index is 12.5. The van der Waals surface area contributed by atoms with Gasteiger partial charge in [0.2, 0.25) is 5.69 Å². The number of rotatable bonds is 5. The number of aromatic carboxylic acids is 1. The lowest BCUT2D eigenvalue weighted by Gasteiger charge is -2.13. The van der Waals surface area contributed by atoms with Gasteiger partial charge in [0, 0.05) is 11.6 Å². The van der Waals surface area contributed by atoms with Crippen molar-refractivity contribution in [3.8, 4) is 5.75 Å². The lowest BCUT2D eigenvalue weighted by molar-refractivity contribution is -0.274. The van der Waals surface area contributed by atoms with Crippen LogP contribution in [0.3, 0.4) is 0 Å². The van der Waals surface area contributed by atoms with E-state index in [9.17, 15) is 22.8 Å². The number of aryl methyl sites for hydroxylation is 1. The third kappa shape index (κ3) is 3.79. The number of nitrogens with zero attached hydrogens (tertiary/aromatic N) is 1. The molecule has 0 radical (unpaired) electrons. The normalized spacial score (nSPS) is 14.2. The summed E-state index contributed by atoms with van der Waals surface area (Å²) in [5.74, 6) is -2.41. The highest BCUT2D eigenvalue weighted by molar-refractivity contribution is 6.10. The van der Waals surface area contributed by atoms with Gasteiger partial charge in [-0.25, -0.2) is 4.79 Å². The molecule has 26 heavy (non-hydrogen) atoms. The third-order valence-electron chi connectivity index (χ3n) is 3.75. The molecule has 0 bridgehead atoms. The first-order valence-electron chi connectivity index (χ1n) is 7.56. The van der Waals surface area contributed by atoms with Gasteiger partial charge in [-0.15, -0.1) is 13.2 Å². The molecule has 0 aliphatic heterocycles. The van der Waals surface area contributed by atoms with Gasteiger partial charge in [0.15, 0.2) is 5.76 Å². The number of carbonyl (C=O) groups is 2. The fourth-order valence-electron chi connectivity index (χ4n) is 2.45. The quantitative estimate of drug-likeness (QED) is 0.832. The molecule has 0 atom stereocenters. The van der Waals surface area contributed by atoms with Crippen molar-refractivity contribution in [2.75, 3.05) is 5.32 Å². The number of carbonyl (C=O) groups excluding carboxylic acids is 1. The number of hydrogen-bond donors (Lipinski definition) is 2. The number of hydrogen-bond acceptors (Lipinski definition) is 5. The Hall–Kier alpha value is -3.04. The average Bonchev–Trinajstić information content (AvgIpc) is 3.26. The first-order valence-corrected chi connectivity index (χ1v) is 7.56. The van der Waals surface area contributed by atoms with E-state index in [0.717, 1.165) is 18.9 Å². The van der Waals surface area contributed by atoms with Crippen molar-refractivity contribution >= 4 is 17.6 Å². The van der Waals surface area contributed by atoms with E-state index < -0.39 is 29.7 Å². The predicted octanol–water partition coefficient (Wildman–Crippen LogP) is 3.71. The number of ether oxygens (including phenoxy) is 1. The molecule has 1 heterocycles. The number of nitrogens with one attached hydrogen (secondary N) is 1. The van der Waals surface area contributed by atoms with Gasteiger partial charge >= 0.3 is 12.3 Å². The van der Waals surface area contributed by atoms with Crippen molar-refractivity contribution in [3.05, 3.63) is 40.8 Å². The van der Waals surface area contributed by atoms with Gasteiger partial charge in [0.05, 0.1) is 0 Å². The second-order valence-electron chi connectivity index (χ2n) is 5.83. The third-order valence-corrected chi connectivity index (χ3v) is 3.75. The average molecular weight is 370 g/mol. The van der Waals surface area contributed by atoms with Crippen LogP contribution in [0.4, 0.5) is 18.9 Å². The Morgan fingerprint density at radius 3 is 2.58 bits per heavy atom. The highest BCUT2D eigenvalue weighted by Gasteiger charge is 2.37. The van der Waals surface area contributed by atoms with Crippen molar-refractivity contribution < 1.29 is 37.1 Å². The number of alkyl halides is 3. The minimum Gasteiger partial charge on any atom is -0.476 e. The van der Waals surface area contributed by atoms with E-state index in [1.165, 1.54) is 19.1 Å². The molecule has 7 nitrogen and oxygen atoms in total. The van der Waals surface area contributed by atoms with E-state index in [0.29, 0.717) is 0 Å². The molecule has 1 aliphatic rings. The summed E-state index contributed by atoms with van der Waals surface area (Å²) in [5, 5.41) is 15.0. The first-order chi connectivity index (χ1) is 12.2. The summed E-state index contributed by atoms with van der Waals surface area (Å²) >= 11 is 0. The highest BCUT2D eigenvalue weighted by atomic mass is 19.4. The van der Waals surface area contributed by atoms with Crippen molar-refractivity contribution in [3.63, 3.8) is 0 Å². The van der Waals surface area contributed by atoms with Crippen LogP contribution < -0.4 is 10.1 Å². The van der Waals surface area contributed by atoms with E-state index in [2.05, 4.69) is 15.2 Å². The van der Waals surface area contributed by atoms with E-state index in [1.54, 1.807) is 0 Å². The summed E-state index contributed by atoms with van der Waals surface area (Å²) in [6.07, 6.45) is -3.30. The van der Waals surface area contributed by atoms with E-state index >= 15 is 0 Å². The van der Waals surface area contributed by atoms with Crippen molar-refractivity contribution in [2.45, 2.75) is 32.0 Å². The Balaban J connectivity index is 1.84. The van der Waals surface area contributed by atoms with Crippen molar-refractivity contribution in [1.29, 1.82) is 0 Å². The number of aromatic nitrogens is 1. The Kier molecular flexibility index (Phi) is 4.34. The smallest absolute Gasteiger partial charge is 0.476 e. The van der Waals surface area contributed by atoms with Crippen molar-refractivity contribution in [2.24, 2.45) is 0 Å². The van der Waals surface area contributed by atoms with Crippen molar-refractivity contribution in [1.82, 2.24) is 5.16 Å². The van der Waals surface area contributed by atoms with Crippen LogP contribution in [0.5, 0.6) is 5.75 Å². The number of amides is 1. The zero-order chi connectivity index (χ0) is 19.1. The lowest BCUT2D eigenvalue weighted by Crippen LogP contribution is -2.18. The van der Waals surface area contributed by atoms with Gasteiger partial charge in [0.1, 0.15) is 11.3 Å². The van der Waals surface area contributed by atoms with Gasteiger partial charge in [-0.1, -0.05) is 5.16 Å². The Labute approximate surface area is 144 Å². The Morgan fingerprint density at radius 2 is 2.04 bits per heavy atom. The number of carboxylic acid groups (broad SMARTS) is 1. The maximum absolute atomic E-state index is 12.5. The van der Waals surface area contributed by atoms with Crippen LogP contribution in [-0.4, -0.2) is 28.5 Å². The van der Waals surface area contributed by atoms with Gasteiger partial charge in [-0.3, -0.25) is 4.79 Å². The van der Waals surface area contributed by atoms with Gasteiger partial charge < -0.3 is 19.7 Å². The number of halogens is 3. The lowest BCUT2D eigenvalue weighted by atomic mass is 10.1. The molecule has 1 aromatic heterocycles. The molecule has 10 heteroatoms. The van der Waals surface area contributed by atoms with Crippen LogP contribution in [0.25, 0.3) is 0 Å². The molecule has 0 spiro atoms. The zero-order valence-electron chi connectivity index (χ0n) is 13.4. The molecule has 1 aromatic carbocycles. The number of benzene rings is 1. The monoisotopic (exact) mass is 370 g/mol. The second-order valence-corrected chi connectivity index (χ2v) is 5.83. The highest BCUT2D eigenvalue weighted by Crippen LogP contribution is 2.42. The molecule has 1 aliphatic carbocycles. The molecule has 138 valence electrons. The van der Waals surface area contributed by atoms with E-state index in [-0.39, 0.29) is 28.5 Å². The molecule has 1 fully saturated rings. The van der Waals surface area contributed by atoms with Crippen LogP contribution in [0.15, 0.2) is 22.7 Å². The Morgan fingerprint density at radius 1 is 1.35 bits per heavy atom. The SMILES string of the molecule is Cc1cc(NC(=O)c2c(C(=O)O)noc2C2CC2)ccc1OC(F)(F)F. The maximum Gasteiger partial charge on any atom is 0.573 e. The minimum absolute atomic E-state index is 0.0550. The zero-order valence-corrected chi connectivity index (χ0v) is 13.4. The first kappa shape index (κ1) is 17.8. The minimum atomic E-state index is -4.83. The van der Waals surface area contributed by atoms with Crippen LogP contribution >= 0.6 is 0 Å². The summed E-state index contributed by atoms with van der Waals surface area (Å²) in [6, 6.07) is 3.56. The van der Waals surface area contributed by atoms with Crippen LogP contribution in [0, 0.1) is 6.92 Å². The largest absolute Gasteiger partial charge is 0.573 e. The molecule has 1 amide bonds. The molecule has 1 saturated carbocycles. The van der Waals surface area contributed by atoms with E-state index in [1.807, 2.05) is 0 Å². The molecule has 0 unspecified atom stereocenters. The van der Waals surface area contributed by atoms with Crippen LogP contribution in [0.1, 0.15) is 50.9 Å². The molecular weight excluding hydrogens is 357 g/mol. The fourth-order valence-corrected chi connectivity index (χ4v) is 2.45. The molecular formula is C16H13F3N2O5. The predicted molar refractivity (Wildman–Crippen MR) is 81.3 cm³/mol. The standard InChI is InChI=1S/C16H13F3N2O5/c1-7-6-9(4-5-10(7)25-16(17,18)19)20-14(22)11-12(15(23)24)21-26-13(11)8-2-3-8/h4-6,8H,2-3H2,1H3,(H,20,22)(H,23,24). The van der Waals surface area contributed by atoms with E-state index in [4.69, 9.17) is 9.63 Å². The molecule has 0 saturated heterocycles. The van der Waals surface area contributed by atoms with Gasteiger partial charge in [0.25, 0.3) is 5.91 Å². The number of anilines is 1. The summed E-state index contributed by atoms with van der Waals surface area (Å²) in [4.78, 5) is 23.7. The fraction of sp³-hybridized carbons (Fsp3) is 0.312.